The van der Waals surface area contributed by atoms with Crippen LogP contribution in [0.2, 0.25) is 38.3 Å². The van der Waals surface area contributed by atoms with E-state index in [1.165, 1.54) is 15.9 Å². The van der Waals surface area contributed by atoms with Gasteiger partial charge in [0.2, 0.25) is 0 Å². The first-order valence-corrected chi connectivity index (χ1v) is 24.0. The Morgan fingerprint density at radius 3 is 1.49 bits per heavy atom. The zero-order valence-electron chi connectivity index (χ0n) is 28.1. The van der Waals surface area contributed by atoms with E-state index in [9.17, 15) is 5.11 Å². The summed E-state index contributed by atoms with van der Waals surface area (Å²) < 4.78 is 26.0. The van der Waals surface area contributed by atoms with Crippen LogP contribution in [0, 0.1) is 6.92 Å². The minimum absolute atomic E-state index is 0.170. The molecule has 8 heteroatoms. The monoisotopic (exact) mass is 658 g/mol. The van der Waals surface area contributed by atoms with E-state index in [4.69, 9.17) is 17.7 Å². The van der Waals surface area contributed by atoms with Crippen LogP contribution in [0.5, 0.6) is 17.2 Å². The van der Waals surface area contributed by atoms with Gasteiger partial charge in [-0.2, -0.15) is 0 Å². The molecule has 0 unspecified atom stereocenters. The molecular weight excluding hydrogens is 609 g/mol. The Morgan fingerprint density at radius 2 is 1.02 bits per heavy atom. The molecule has 0 fully saturated rings. The number of phenols is 1. The van der Waals surface area contributed by atoms with Gasteiger partial charge >= 0.3 is 8.56 Å². The molecule has 0 aliphatic heterocycles. The van der Waals surface area contributed by atoms with Gasteiger partial charge in [0.05, 0.1) is 14.2 Å². The second-order valence-electron chi connectivity index (χ2n) is 13.1. The highest BCUT2D eigenvalue weighted by molar-refractivity contribution is 7.02. The molecule has 0 radical (unpaired) electrons. The van der Waals surface area contributed by atoms with E-state index >= 15 is 0 Å². The predicted octanol–water partition coefficient (Wildman–Crippen LogP) is 7.98. The average molecular weight is 659 g/mol. The van der Waals surface area contributed by atoms with Crippen LogP contribution in [0.25, 0.3) is 0 Å². The van der Waals surface area contributed by atoms with Gasteiger partial charge in [-0.1, -0.05) is 78.9 Å². The quantitative estimate of drug-likeness (QED) is 0.124. The molecule has 0 aliphatic rings. The third-order valence-corrected chi connectivity index (χ3v) is 20.4. The second-order valence-corrected chi connectivity index (χ2v) is 25.1. The molecule has 1 N–H and O–H groups in total. The van der Waals surface area contributed by atoms with E-state index in [0.717, 1.165) is 54.6 Å². The van der Waals surface area contributed by atoms with Crippen LogP contribution in [-0.4, -0.2) is 44.5 Å². The second kappa shape index (κ2) is 15.4. The summed E-state index contributed by atoms with van der Waals surface area (Å²) in [6.45, 7) is 11.5. The van der Waals surface area contributed by atoms with Gasteiger partial charge in [-0.3, -0.25) is 0 Å². The average Bonchev–Trinajstić information content (AvgIpc) is 3.02. The Bertz CT molecular complexity index is 1390. The van der Waals surface area contributed by atoms with Gasteiger partial charge in [0.1, 0.15) is 5.75 Å². The van der Waals surface area contributed by atoms with Gasteiger partial charge < -0.3 is 22.8 Å². The number of aromatic hydroxyl groups is 1. The Hall–Kier alpha value is -3.15. The molecule has 0 bridgehead atoms. The van der Waals surface area contributed by atoms with Gasteiger partial charge in [-0.05, 0) is 116 Å². The molecule has 0 atom stereocenters. The maximum absolute atomic E-state index is 10.0. The number of aryl methyl sites for hydroxylation is 3. The molecule has 0 heterocycles. The standard InChI is InChI=1S/C37H50O5Si3/c1-30-22-23-31(28-36(30)39-2)16-14-26-43(4,5)41-45(33-18-10-8-11-19-33,34-20-12-9-13-21-34)42-44(6,7)27-15-17-32-24-25-35(38)37(29-32)40-3/h8-13,18-25,28-29,38H,14-17,26-27H2,1-7H3. The summed E-state index contributed by atoms with van der Waals surface area (Å²) in [7, 11) is -4.17. The zero-order chi connectivity index (χ0) is 32.5. The molecule has 0 spiro atoms. The van der Waals surface area contributed by atoms with E-state index in [1.54, 1.807) is 20.3 Å². The maximum atomic E-state index is 10.0. The van der Waals surface area contributed by atoms with Crippen molar-refractivity contribution in [1.29, 1.82) is 0 Å². The van der Waals surface area contributed by atoms with E-state index in [1.807, 2.05) is 12.1 Å². The van der Waals surface area contributed by atoms with Crippen molar-refractivity contribution in [2.75, 3.05) is 14.2 Å². The lowest BCUT2D eigenvalue weighted by Crippen LogP contribution is -2.70. The lowest BCUT2D eigenvalue weighted by Gasteiger charge is -2.43. The highest BCUT2D eigenvalue weighted by Crippen LogP contribution is 2.30. The van der Waals surface area contributed by atoms with Crippen LogP contribution in [0.3, 0.4) is 0 Å². The Balaban J connectivity index is 1.58. The zero-order valence-corrected chi connectivity index (χ0v) is 31.1. The number of methoxy groups -OCH3 is 2. The SMILES string of the molecule is COc1cc(CCC[Si](C)(C)O[Si](O[Si](C)(C)CCCc2ccc(O)c(OC)c2)(c2ccccc2)c2ccccc2)ccc1C. The number of hydrogen-bond acceptors (Lipinski definition) is 5. The summed E-state index contributed by atoms with van der Waals surface area (Å²) in [5.74, 6) is 1.63. The third-order valence-electron chi connectivity index (χ3n) is 8.35. The van der Waals surface area contributed by atoms with Crippen LogP contribution < -0.4 is 19.8 Å². The molecule has 0 saturated heterocycles. The molecule has 0 aromatic heterocycles. The first-order chi connectivity index (χ1) is 21.5. The van der Waals surface area contributed by atoms with Crippen molar-refractivity contribution in [1.82, 2.24) is 0 Å². The lowest BCUT2D eigenvalue weighted by molar-refractivity contribution is 0.373. The van der Waals surface area contributed by atoms with E-state index in [-0.39, 0.29) is 5.75 Å². The van der Waals surface area contributed by atoms with Crippen molar-refractivity contribution in [3.63, 3.8) is 0 Å². The maximum Gasteiger partial charge on any atom is 0.386 e. The smallest absolute Gasteiger partial charge is 0.386 e. The first-order valence-electron chi connectivity index (χ1n) is 16.0. The lowest BCUT2D eigenvalue weighted by atomic mass is 10.1. The Labute approximate surface area is 273 Å². The van der Waals surface area contributed by atoms with Crippen molar-refractivity contribution < 1.29 is 22.8 Å². The minimum Gasteiger partial charge on any atom is -0.504 e. The van der Waals surface area contributed by atoms with Crippen LogP contribution in [0.15, 0.2) is 97.1 Å². The van der Waals surface area contributed by atoms with Crippen LogP contribution in [-0.2, 0) is 21.1 Å². The topological polar surface area (TPSA) is 57.2 Å². The summed E-state index contributed by atoms with van der Waals surface area (Å²) in [5, 5.41) is 12.4. The van der Waals surface area contributed by atoms with E-state index < -0.39 is 25.2 Å². The van der Waals surface area contributed by atoms with Crippen LogP contribution in [0.1, 0.15) is 29.5 Å². The number of rotatable bonds is 16. The van der Waals surface area contributed by atoms with Gasteiger partial charge in [0, 0.05) is 0 Å². The Kier molecular flexibility index (Phi) is 11.9. The summed E-state index contributed by atoms with van der Waals surface area (Å²) in [5.41, 5.74) is 3.61. The van der Waals surface area contributed by atoms with Crippen LogP contribution >= 0.6 is 0 Å². The third kappa shape index (κ3) is 9.43. The molecule has 0 aliphatic carbocycles. The number of ether oxygens (including phenoxy) is 2. The van der Waals surface area contributed by atoms with Gasteiger partial charge in [-0.15, -0.1) is 0 Å². The molecule has 0 saturated carbocycles. The van der Waals surface area contributed by atoms with Crippen molar-refractivity contribution in [2.24, 2.45) is 0 Å². The minimum atomic E-state index is -3.07. The molecular formula is C37H50O5Si3. The highest BCUT2D eigenvalue weighted by Gasteiger charge is 2.50. The normalized spacial score (nSPS) is 12.2. The molecule has 4 aromatic rings. The van der Waals surface area contributed by atoms with Crippen molar-refractivity contribution >= 4 is 35.6 Å². The van der Waals surface area contributed by atoms with Crippen molar-refractivity contribution in [3.8, 4) is 17.2 Å². The molecule has 5 nitrogen and oxygen atoms in total. The van der Waals surface area contributed by atoms with Gasteiger partial charge in [-0.25, -0.2) is 0 Å². The predicted molar refractivity (Wildman–Crippen MR) is 194 cm³/mol. The Morgan fingerprint density at radius 1 is 0.578 bits per heavy atom. The number of hydrogen-bond donors (Lipinski definition) is 1. The first kappa shape index (κ1) is 34.7. The van der Waals surface area contributed by atoms with Gasteiger partial charge in [0.15, 0.2) is 28.1 Å². The van der Waals surface area contributed by atoms with Crippen LogP contribution in [0.4, 0.5) is 0 Å². The summed E-state index contributed by atoms with van der Waals surface area (Å²) in [6.07, 6.45) is 3.93. The van der Waals surface area contributed by atoms with E-state index in [2.05, 4.69) is 112 Å². The van der Waals surface area contributed by atoms with Crippen molar-refractivity contribution in [3.05, 3.63) is 114 Å². The number of phenolic OH excluding ortho intramolecular Hbond substituents is 1. The highest BCUT2D eigenvalue weighted by atomic mass is 28.5. The fourth-order valence-electron chi connectivity index (χ4n) is 5.95. The summed E-state index contributed by atoms with van der Waals surface area (Å²) in [6, 6.07) is 35.6. The van der Waals surface area contributed by atoms with Crippen molar-refractivity contribution in [2.45, 2.75) is 70.9 Å². The number of benzene rings is 4. The fraction of sp³-hybridized carbons (Fsp3) is 0.351. The molecule has 45 heavy (non-hydrogen) atoms. The van der Waals surface area contributed by atoms with E-state index in [0.29, 0.717) is 5.75 Å². The molecule has 240 valence electrons. The molecule has 4 rings (SSSR count). The molecule has 0 amide bonds. The summed E-state index contributed by atoms with van der Waals surface area (Å²) in [4.78, 5) is 0. The largest absolute Gasteiger partial charge is 0.504 e. The fourth-order valence-corrected chi connectivity index (χ4v) is 19.1. The molecule has 4 aromatic carbocycles. The van der Waals surface area contributed by atoms with Gasteiger partial charge in [0.25, 0.3) is 0 Å². The summed E-state index contributed by atoms with van der Waals surface area (Å²) >= 11 is 0.